The van der Waals surface area contributed by atoms with Gasteiger partial charge < -0.3 is 9.47 Å². The molecular weight excluding hydrogens is 259 g/mol. The lowest BCUT2D eigenvalue weighted by atomic mass is 10.2. The number of ether oxygens (including phenoxy) is 2. The van der Waals surface area contributed by atoms with E-state index in [0.717, 1.165) is 0 Å². The van der Waals surface area contributed by atoms with Crippen molar-refractivity contribution in [1.82, 2.24) is 0 Å². The first kappa shape index (κ1) is 14.8. The molecular formula is C13H16ClFO3. The molecule has 0 aliphatic rings. The minimum absolute atomic E-state index is 0.176. The van der Waals surface area contributed by atoms with E-state index < -0.39 is 5.82 Å². The Kier molecular flexibility index (Phi) is 6.50. The second-order valence-corrected chi connectivity index (χ2v) is 4.12. The second kappa shape index (κ2) is 7.93. The van der Waals surface area contributed by atoms with Gasteiger partial charge in [0.25, 0.3) is 0 Å². The molecule has 1 rings (SSSR count). The van der Waals surface area contributed by atoms with Crippen molar-refractivity contribution < 1.29 is 18.7 Å². The van der Waals surface area contributed by atoms with E-state index in [-0.39, 0.29) is 11.7 Å². The summed E-state index contributed by atoms with van der Waals surface area (Å²) < 4.78 is 23.3. The normalized spacial score (nSPS) is 10.2. The van der Waals surface area contributed by atoms with Crippen LogP contribution in [0, 0.1) is 5.82 Å². The number of carbonyl (C=O) groups is 1. The number of unbranched alkanes of at least 4 members (excludes halogenated alkanes) is 1. The fourth-order valence-electron chi connectivity index (χ4n) is 1.38. The summed E-state index contributed by atoms with van der Waals surface area (Å²) in [6.07, 6.45) is 1.69. The fraction of sp³-hybridized carbons (Fsp3) is 0.462. The monoisotopic (exact) mass is 274 g/mol. The third-order valence-electron chi connectivity index (χ3n) is 2.23. The summed E-state index contributed by atoms with van der Waals surface area (Å²) in [7, 11) is 0. The van der Waals surface area contributed by atoms with Gasteiger partial charge in [-0.25, -0.2) is 4.39 Å². The van der Waals surface area contributed by atoms with Gasteiger partial charge in [0.15, 0.2) is 11.6 Å². The molecule has 0 N–H and O–H groups in total. The van der Waals surface area contributed by atoms with Crippen LogP contribution in [0.2, 0.25) is 5.02 Å². The van der Waals surface area contributed by atoms with Gasteiger partial charge in [0.1, 0.15) is 0 Å². The standard InChI is InChI=1S/C13H16ClFO3/c1-2-17-13(16)5-3-4-8-18-12-7-6-10(14)9-11(12)15/h6-7,9H,2-5,8H2,1H3. The first-order chi connectivity index (χ1) is 8.63. The van der Waals surface area contributed by atoms with Crippen LogP contribution in [0.15, 0.2) is 18.2 Å². The molecule has 3 nitrogen and oxygen atoms in total. The lowest BCUT2D eigenvalue weighted by Gasteiger charge is -2.07. The largest absolute Gasteiger partial charge is 0.491 e. The molecule has 0 aliphatic heterocycles. The molecule has 0 saturated carbocycles. The summed E-state index contributed by atoms with van der Waals surface area (Å²) in [5.74, 6) is -0.515. The number of hydrogen-bond donors (Lipinski definition) is 0. The average Bonchev–Trinajstić information content (AvgIpc) is 2.31. The SMILES string of the molecule is CCOC(=O)CCCCOc1ccc(Cl)cc1F. The van der Waals surface area contributed by atoms with Gasteiger partial charge in [0.2, 0.25) is 0 Å². The average molecular weight is 275 g/mol. The summed E-state index contributed by atoms with van der Waals surface area (Å²) >= 11 is 5.62. The summed E-state index contributed by atoms with van der Waals surface area (Å²) in [4.78, 5) is 11.0. The Morgan fingerprint density at radius 1 is 1.39 bits per heavy atom. The van der Waals surface area contributed by atoms with Crippen molar-refractivity contribution in [3.63, 3.8) is 0 Å². The highest BCUT2D eigenvalue weighted by molar-refractivity contribution is 6.30. The van der Waals surface area contributed by atoms with E-state index in [1.54, 1.807) is 13.0 Å². The first-order valence-corrected chi connectivity index (χ1v) is 6.24. The van der Waals surface area contributed by atoms with E-state index in [4.69, 9.17) is 21.1 Å². The Hall–Kier alpha value is -1.29. The topological polar surface area (TPSA) is 35.5 Å². The fourth-order valence-corrected chi connectivity index (χ4v) is 1.54. The van der Waals surface area contributed by atoms with Crippen molar-refractivity contribution in [3.05, 3.63) is 29.0 Å². The summed E-state index contributed by atoms with van der Waals surface area (Å²) in [5.41, 5.74) is 0. The van der Waals surface area contributed by atoms with Crippen molar-refractivity contribution in [3.8, 4) is 5.75 Å². The van der Waals surface area contributed by atoms with Crippen LogP contribution in [0.25, 0.3) is 0 Å². The predicted molar refractivity (Wildman–Crippen MR) is 67.4 cm³/mol. The van der Waals surface area contributed by atoms with E-state index in [9.17, 15) is 9.18 Å². The highest BCUT2D eigenvalue weighted by Crippen LogP contribution is 2.21. The molecule has 0 bridgehead atoms. The van der Waals surface area contributed by atoms with Crippen molar-refractivity contribution >= 4 is 17.6 Å². The molecule has 0 spiro atoms. The molecule has 18 heavy (non-hydrogen) atoms. The second-order valence-electron chi connectivity index (χ2n) is 3.69. The number of rotatable bonds is 7. The third-order valence-corrected chi connectivity index (χ3v) is 2.47. The highest BCUT2D eigenvalue weighted by atomic mass is 35.5. The molecule has 0 fully saturated rings. The van der Waals surface area contributed by atoms with Gasteiger partial charge in [-0.3, -0.25) is 4.79 Å². The van der Waals surface area contributed by atoms with Crippen molar-refractivity contribution in [1.29, 1.82) is 0 Å². The smallest absolute Gasteiger partial charge is 0.305 e. The van der Waals surface area contributed by atoms with Gasteiger partial charge in [-0.05, 0) is 38.0 Å². The van der Waals surface area contributed by atoms with E-state index in [1.807, 2.05) is 0 Å². The molecule has 5 heteroatoms. The quantitative estimate of drug-likeness (QED) is 0.563. The number of carbonyl (C=O) groups excluding carboxylic acids is 1. The van der Waals surface area contributed by atoms with Crippen LogP contribution in [0.4, 0.5) is 4.39 Å². The Morgan fingerprint density at radius 2 is 2.17 bits per heavy atom. The van der Waals surface area contributed by atoms with E-state index in [0.29, 0.717) is 37.5 Å². The van der Waals surface area contributed by atoms with Crippen LogP contribution >= 0.6 is 11.6 Å². The molecule has 0 atom stereocenters. The summed E-state index contributed by atoms with van der Waals surface area (Å²) in [6, 6.07) is 4.26. The van der Waals surface area contributed by atoms with Gasteiger partial charge in [-0.2, -0.15) is 0 Å². The molecule has 0 heterocycles. The molecule has 1 aromatic carbocycles. The Morgan fingerprint density at radius 3 is 2.83 bits per heavy atom. The minimum Gasteiger partial charge on any atom is -0.491 e. The highest BCUT2D eigenvalue weighted by Gasteiger charge is 2.04. The number of halogens is 2. The molecule has 0 radical (unpaired) electrons. The van der Waals surface area contributed by atoms with Gasteiger partial charge in [-0.1, -0.05) is 11.6 Å². The molecule has 100 valence electrons. The van der Waals surface area contributed by atoms with Crippen LogP contribution in [-0.4, -0.2) is 19.2 Å². The summed E-state index contributed by atoms with van der Waals surface area (Å²) in [6.45, 7) is 2.52. The van der Waals surface area contributed by atoms with Gasteiger partial charge in [-0.15, -0.1) is 0 Å². The van der Waals surface area contributed by atoms with Crippen LogP contribution in [0.3, 0.4) is 0 Å². The molecule has 0 amide bonds. The molecule has 0 unspecified atom stereocenters. The maximum absolute atomic E-state index is 13.3. The first-order valence-electron chi connectivity index (χ1n) is 5.87. The number of hydrogen-bond acceptors (Lipinski definition) is 3. The molecule has 0 saturated heterocycles. The van der Waals surface area contributed by atoms with Crippen molar-refractivity contribution in [2.75, 3.05) is 13.2 Å². The lowest BCUT2D eigenvalue weighted by Crippen LogP contribution is -2.05. The van der Waals surface area contributed by atoms with Crippen LogP contribution in [-0.2, 0) is 9.53 Å². The molecule has 1 aromatic rings. The van der Waals surface area contributed by atoms with E-state index >= 15 is 0 Å². The molecule has 0 aliphatic carbocycles. The van der Waals surface area contributed by atoms with Crippen LogP contribution in [0.5, 0.6) is 5.75 Å². The van der Waals surface area contributed by atoms with Gasteiger partial charge in [0, 0.05) is 11.4 Å². The Labute approximate surface area is 111 Å². The molecule has 0 aromatic heterocycles. The maximum Gasteiger partial charge on any atom is 0.305 e. The van der Waals surface area contributed by atoms with Gasteiger partial charge in [0.05, 0.1) is 13.2 Å². The zero-order valence-corrected chi connectivity index (χ0v) is 11.0. The number of esters is 1. The van der Waals surface area contributed by atoms with Crippen molar-refractivity contribution in [2.24, 2.45) is 0 Å². The lowest BCUT2D eigenvalue weighted by molar-refractivity contribution is -0.143. The Bertz CT molecular complexity index is 396. The maximum atomic E-state index is 13.3. The van der Waals surface area contributed by atoms with Crippen LogP contribution < -0.4 is 4.74 Å². The zero-order chi connectivity index (χ0) is 13.4. The van der Waals surface area contributed by atoms with E-state index in [2.05, 4.69) is 0 Å². The Balaban J connectivity index is 2.20. The van der Waals surface area contributed by atoms with Crippen molar-refractivity contribution in [2.45, 2.75) is 26.2 Å². The van der Waals surface area contributed by atoms with E-state index in [1.165, 1.54) is 12.1 Å². The zero-order valence-electron chi connectivity index (χ0n) is 10.2. The van der Waals surface area contributed by atoms with Gasteiger partial charge >= 0.3 is 5.97 Å². The predicted octanol–water partition coefficient (Wildman–Crippen LogP) is 3.59. The minimum atomic E-state index is -0.479. The third kappa shape index (κ3) is 5.36. The number of benzene rings is 1. The summed E-state index contributed by atoms with van der Waals surface area (Å²) in [5, 5.41) is 0.335. The van der Waals surface area contributed by atoms with Crippen LogP contribution in [0.1, 0.15) is 26.2 Å².